The van der Waals surface area contributed by atoms with Crippen molar-refractivity contribution in [2.45, 2.75) is 19.3 Å². The van der Waals surface area contributed by atoms with Gasteiger partial charge >= 0.3 is 0 Å². The molecule has 15 heavy (non-hydrogen) atoms. The third-order valence-electron chi connectivity index (χ3n) is 2.11. The number of anilines is 1. The van der Waals surface area contributed by atoms with Crippen molar-refractivity contribution >= 4 is 5.69 Å². The first kappa shape index (κ1) is 11.9. The van der Waals surface area contributed by atoms with E-state index in [1.54, 1.807) is 26.4 Å². The van der Waals surface area contributed by atoms with Gasteiger partial charge in [0.1, 0.15) is 5.82 Å². The lowest BCUT2D eigenvalue weighted by molar-refractivity contribution is -0.109. The van der Waals surface area contributed by atoms with Crippen molar-refractivity contribution in [2.24, 2.45) is 0 Å². The fourth-order valence-electron chi connectivity index (χ4n) is 1.38. The Morgan fingerprint density at radius 1 is 1.13 bits per heavy atom. The zero-order valence-electron chi connectivity index (χ0n) is 9.16. The summed E-state index contributed by atoms with van der Waals surface area (Å²) < 4.78 is 22.8. The van der Waals surface area contributed by atoms with Crippen molar-refractivity contribution in [3.63, 3.8) is 0 Å². The van der Waals surface area contributed by atoms with Crippen LogP contribution < -0.4 is 5.32 Å². The summed E-state index contributed by atoms with van der Waals surface area (Å²) in [5.74, 6) is -0.247. The summed E-state index contributed by atoms with van der Waals surface area (Å²) in [6.45, 7) is 1.93. The van der Waals surface area contributed by atoms with Crippen LogP contribution in [0.2, 0.25) is 0 Å². The van der Waals surface area contributed by atoms with Crippen LogP contribution in [0.4, 0.5) is 10.1 Å². The number of ether oxygens (including phenoxy) is 2. The molecule has 0 radical (unpaired) electrons. The molecule has 0 bridgehead atoms. The lowest BCUT2D eigenvalue weighted by Crippen LogP contribution is -2.33. The minimum absolute atomic E-state index is 0.00883. The number of methoxy groups -OCH3 is 2. The maximum atomic E-state index is 12.6. The highest BCUT2D eigenvalue weighted by atomic mass is 19.1. The van der Waals surface area contributed by atoms with E-state index in [9.17, 15) is 4.39 Å². The van der Waals surface area contributed by atoms with Crippen molar-refractivity contribution in [3.8, 4) is 0 Å². The van der Waals surface area contributed by atoms with E-state index >= 15 is 0 Å². The molecule has 1 atom stereocenters. The topological polar surface area (TPSA) is 30.5 Å². The van der Waals surface area contributed by atoms with E-state index in [1.165, 1.54) is 12.1 Å². The Kier molecular flexibility index (Phi) is 4.52. The Bertz CT molecular complexity index is 285. The number of benzene rings is 1. The van der Waals surface area contributed by atoms with Crippen LogP contribution in [0.5, 0.6) is 0 Å². The van der Waals surface area contributed by atoms with Gasteiger partial charge in [-0.25, -0.2) is 4.39 Å². The molecule has 1 rings (SSSR count). The highest BCUT2D eigenvalue weighted by Crippen LogP contribution is 2.12. The van der Waals surface area contributed by atoms with Crippen molar-refractivity contribution in [3.05, 3.63) is 30.1 Å². The van der Waals surface area contributed by atoms with Crippen molar-refractivity contribution < 1.29 is 13.9 Å². The number of rotatable bonds is 5. The summed E-state index contributed by atoms with van der Waals surface area (Å²) in [5.41, 5.74) is 0.836. The average Bonchev–Trinajstić information content (AvgIpc) is 2.23. The average molecular weight is 213 g/mol. The quantitative estimate of drug-likeness (QED) is 0.761. The summed E-state index contributed by atoms with van der Waals surface area (Å²) in [7, 11) is 3.16. The minimum Gasteiger partial charge on any atom is -0.377 e. The van der Waals surface area contributed by atoms with Gasteiger partial charge in [-0.2, -0.15) is 0 Å². The summed E-state index contributed by atoms with van der Waals surface area (Å²) in [4.78, 5) is 0. The second-order valence-electron chi connectivity index (χ2n) is 3.28. The Hall–Kier alpha value is -1.13. The van der Waals surface area contributed by atoms with Crippen molar-refractivity contribution in [1.29, 1.82) is 0 Å². The maximum absolute atomic E-state index is 12.6. The SMILES string of the molecule is COC(OC)C(C)Nc1ccc(F)cc1. The maximum Gasteiger partial charge on any atom is 0.176 e. The van der Waals surface area contributed by atoms with Crippen LogP contribution in [-0.2, 0) is 9.47 Å². The standard InChI is InChI=1S/C11H16FNO2/c1-8(11(14-2)15-3)13-10-6-4-9(12)5-7-10/h4-8,11,13H,1-3H3. The molecule has 1 aromatic rings. The molecule has 1 N–H and O–H groups in total. The van der Waals surface area contributed by atoms with Crippen molar-refractivity contribution in [1.82, 2.24) is 0 Å². The van der Waals surface area contributed by atoms with Gasteiger partial charge in [0.25, 0.3) is 0 Å². The Morgan fingerprint density at radius 2 is 1.67 bits per heavy atom. The molecule has 1 unspecified atom stereocenters. The molecule has 0 spiro atoms. The van der Waals surface area contributed by atoms with Gasteiger partial charge in [-0.3, -0.25) is 0 Å². The van der Waals surface area contributed by atoms with E-state index in [-0.39, 0.29) is 18.1 Å². The lowest BCUT2D eigenvalue weighted by atomic mass is 10.2. The van der Waals surface area contributed by atoms with Gasteiger partial charge in [0, 0.05) is 19.9 Å². The predicted molar refractivity (Wildman–Crippen MR) is 57.3 cm³/mol. The molecule has 0 aliphatic carbocycles. The number of hydrogen-bond donors (Lipinski definition) is 1. The summed E-state index contributed by atoms with van der Waals surface area (Å²) in [6.07, 6.45) is -0.324. The molecule has 3 nitrogen and oxygen atoms in total. The summed E-state index contributed by atoms with van der Waals surface area (Å²) in [5, 5.41) is 3.15. The van der Waals surface area contributed by atoms with Crippen LogP contribution in [-0.4, -0.2) is 26.6 Å². The Labute approximate surface area is 89.2 Å². The lowest BCUT2D eigenvalue weighted by Gasteiger charge is -2.23. The first-order valence-corrected chi connectivity index (χ1v) is 4.75. The minimum atomic E-state index is -0.324. The van der Waals surface area contributed by atoms with E-state index in [0.29, 0.717) is 0 Å². The number of halogens is 1. The molecule has 1 aromatic carbocycles. The van der Waals surface area contributed by atoms with Crippen LogP contribution >= 0.6 is 0 Å². The molecule has 0 aliphatic heterocycles. The first-order valence-electron chi connectivity index (χ1n) is 4.75. The molecular weight excluding hydrogens is 197 g/mol. The molecule has 4 heteroatoms. The largest absolute Gasteiger partial charge is 0.377 e. The summed E-state index contributed by atoms with van der Waals surface area (Å²) in [6, 6.07) is 6.15. The molecule has 0 aliphatic rings. The second kappa shape index (κ2) is 5.68. The third kappa shape index (κ3) is 3.49. The van der Waals surface area contributed by atoms with Gasteiger partial charge in [0.05, 0.1) is 6.04 Å². The van der Waals surface area contributed by atoms with E-state index in [0.717, 1.165) is 5.69 Å². The van der Waals surface area contributed by atoms with E-state index in [4.69, 9.17) is 9.47 Å². The molecule has 0 aromatic heterocycles. The van der Waals surface area contributed by atoms with E-state index in [1.807, 2.05) is 6.92 Å². The second-order valence-corrected chi connectivity index (χ2v) is 3.28. The van der Waals surface area contributed by atoms with Crippen LogP contribution in [0.25, 0.3) is 0 Å². The summed E-state index contributed by atoms with van der Waals surface area (Å²) >= 11 is 0. The van der Waals surface area contributed by atoms with Crippen LogP contribution in [0.1, 0.15) is 6.92 Å². The molecule has 0 saturated heterocycles. The predicted octanol–water partition coefficient (Wildman–Crippen LogP) is 2.25. The molecule has 0 saturated carbocycles. The van der Waals surface area contributed by atoms with Crippen LogP contribution in [0.3, 0.4) is 0 Å². The highest BCUT2D eigenvalue weighted by Gasteiger charge is 2.14. The fraction of sp³-hybridized carbons (Fsp3) is 0.455. The van der Waals surface area contributed by atoms with Gasteiger partial charge in [0.15, 0.2) is 6.29 Å². The number of hydrogen-bond acceptors (Lipinski definition) is 3. The third-order valence-corrected chi connectivity index (χ3v) is 2.11. The van der Waals surface area contributed by atoms with Gasteiger partial charge in [-0.1, -0.05) is 0 Å². The fourth-order valence-corrected chi connectivity index (χ4v) is 1.38. The Morgan fingerprint density at radius 3 is 2.13 bits per heavy atom. The number of nitrogens with one attached hydrogen (secondary N) is 1. The normalized spacial score (nSPS) is 12.9. The van der Waals surface area contributed by atoms with Crippen molar-refractivity contribution in [2.75, 3.05) is 19.5 Å². The molecule has 84 valence electrons. The van der Waals surface area contributed by atoms with Gasteiger partial charge < -0.3 is 14.8 Å². The highest BCUT2D eigenvalue weighted by molar-refractivity contribution is 5.43. The molecule has 0 amide bonds. The van der Waals surface area contributed by atoms with E-state index < -0.39 is 0 Å². The van der Waals surface area contributed by atoms with E-state index in [2.05, 4.69) is 5.32 Å². The molecular formula is C11H16FNO2. The molecule has 0 heterocycles. The molecule has 0 fully saturated rings. The zero-order chi connectivity index (χ0) is 11.3. The first-order chi connectivity index (χ1) is 7.17. The Balaban J connectivity index is 2.57. The van der Waals surface area contributed by atoms with Crippen LogP contribution in [0.15, 0.2) is 24.3 Å². The zero-order valence-corrected chi connectivity index (χ0v) is 9.16. The van der Waals surface area contributed by atoms with Gasteiger partial charge in [0.2, 0.25) is 0 Å². The van der Waals surface area contributed by atoms with Gasteiger partial charge in [-0.05, 0) is 31.2 Å². The van der Waals surface area contributed by atoms with Gasteiger partial charge in [-0.15, -0.1) is 0 Å². The monoisotopic (exact) mass is 213 g/mol. The smallest absolute Gasteiger partial charge is 0.176 e. The van der Waals surface area contributed by atoms with Crippen LogP contribution in [0, 0.1) is 5.82 Å².